The molecule has 0 aliphatic heterocycles. The second-order valence-corrected chi connectivity index (χ2v) is 6.41. The molecule has 0 spiro atoms. The second kappa shape index (κ2) is 7.05. The minimum Gasteiger partial charge on any atom is -0.483 e. The van der Waals surface area contributed by atoms with E-state index in [-0.39, 0.29) is 41.9 Å². The van der Waals surface area contributed by atoms with Crippen LogP contribution in [0.4, 0.5) is 4.39 Å². The lowest BCUT2D eigenvalue weighted by atomic mass is 10.0. The van der Waals surface area contributed by atoms with Crippen LogP contribution in [-0.2, 0) is 11.3 Å². The van der Waals surface area contributed by atoms with Crippen LogP contribution in [0, 0.1) is 12.7 Å². The Bertz CT molecular complexity index is 814. The predicted molar refractivity (Wildman–Crippen MR) is 92.3 cm³/mol. The average molecular weight is 341 g/mol. The molecular formula is C20H20FNO3. The van der Waals surface area contributed by atoms with Crippen molar-refractivity contribution in [3.05, 3.63) is 64.5 Å². The summed E-state index contributed by atoms with van der Waals surface area (Å²) in [5.74, 6) is -0.726. The van der Waals surface area contributed by atoms with Crippen molar-refractivity contribution in [1.29, 1.82) is 0 Å². The van der Waals surface area contributed by atoms with Crippen LogP contribution in [0.1, 0.15) is 46.3 Å². The van der Waals surface area contributed by atoms with Gasteiger partial charge in [-0.3, -0.25) is 9.59 Å². The van der Waals surface area contributed by atoms with E-state index < -0.39 is 5.82 Å². The number of hydrogen-bond acceptors (Lipinski definition) is 3. The highest BCUT2D eigenvalue weighted by atomic mass is 19.1. The van der Waals surface area contributed by atoms with Crippen LogP contribution in [0.15, 0.2) is 36.4 Å². The van der Waals surface area contributed by atoms with Crippen molar-refractivity contribution in [3.8, 4) is 5.75 Å². The van der Waals surface area contributed by atoms with E-state index in [4.69, 9.17) is 4.74 Å². The van der Waals surface area contributed by atoms with E-state index in [9.17, 15) is 14.0 Å². The van der Waals surface area contributed by atoms with Crippen LogP contribution in [-0.4, -0.2) is 18.3 Å². The first-order valence-electron chi connectivity index (χ1n) is 8.26. The van der Waals surface area contributed by atoms with Crippen LogP contribution >= 0.6 is 0 Å². The van der Waals surface area contributed by atoms with Crippen LogP contribution in [0.5, 0.6) is 5.75 Å². The van der Waals surface area contributed by atoms with Crippen molar-refractivity contribution < 1.29 is 18.7 Å². The van der Waals surface area contributed by atoms with Gasteiger partial charge in [0.05, 0.1) is 5.56 Å². The highest BCUT2D eigenvalue weighted by Gasteiger charge is 2.32. The number of carbonyl (C=O) groups excluding carboxylic acids is 2. The Balaban J connectivity index is 1.61. The van der Waals surface area contributed by atoms with Gasteiger partial charge in [0, 0.05) is 18.5 Å². The van der Waals surface area contributed by atoms with E-state index in [1.54, 1.807) is 0 Å². The number of aryl methyl sites for hydroxylation is 1. The second-order valence-electron chi connectivity index (χ2n) is 6.41. The quantitative estimate of drug-likeness (QED) is 0.905. The van der Waals surface area contributed by atoms with Crippen molar-refractivity contribution >= 4 is 11.7 Å². The Hall–Kier alpha value is -2.69. The van der Waals surface area contributed by atoms with E-state index in [0.29, 0.717) is 12.1 Å². The molecule has 1 amide bonds. The minimum absolute atomic E-state index is 0.142. The molecule has 1 atom stereocenters. The zero-order chi connectivity index (χ0) is 18.0. The summed E-state index contributed by atoms with van der Waals surface area (Å²) in [5, 5.41) is 2.76. The fourth-order valence-electron chi connectivity index (χ4n) is 3.05. The maximum atomic E-state index is 13.9. The van der Waals surface area contributed by atoms with Gasteiger partial charge >= 0.3 is 0 Å². The Kier molecular flexibility index (Phi) is 4.83. The number of benzene rings is 2. The molecule has 0 saturated heterocycles. The summed E-state index contributed by atoms with van der Waals surface area (Å²) >= 11 is 0. The molecule has 4 nitrogen and oxygen atoms in total. The molecular weight excluding hydrogens is 321 g/mol. The first kappa shape index (κ1) is 17.1. The third kappa shape index (κ3) is 3.71. The van der Waals surface area contributed by atoms with Crippen molar-refractivity contribution in [1.82, 2.24) is 5.32 Å². The van der Waals surface area contributed by atoms with Gasteiger partial charge in [0.15, 0.2) is 12.4 Å². The Morgan fingerprint density at radius 1 is 1.24 bits per heavy atom. The predicted octanol–water partition coefficient (Wildman–Crippen LogP) is 3.52. The van der Waals surface area contributed by atoms with Gasteiger partial charge in [-0.1, -0.05) is 36.8 Å². The molecule has 0 aromatic heterocycles. The molecule has 1 aliphatic carbocycles. The maximum Gasteiger partial charge on any atom is 0.258 e. The van der Waals surface area contributed by atoms with E-state index in [1.807, 2.05) is 38.1 Å². The van der Waals surface area contributed by atoms with Gasteiger partial charge in [-0.25, -0.2) is 4.39 Å². The number of nitrogens with one attached hydrogen (secondary N) is 1. The summed E-state index contributed by atoms with van der Waals surface area (Å²) in [7, 11) is 0. The molecule has 5 heteroatoms. The lowest BCUT2D eigenvalue weighted by Gasteiger charge is -2.12. The molecule has 0 bridgehead atoms. The van der Waals surface area contributed by atoms with Gasteiger partial charge in [0.25, 0.3) is 5.91 Å². The highest BCUT2D eigenvalue weighted by Crippen LogP contribution is 2.39. The summed E-state index contributed by atoms with van der Waals surface area (Å²) in [4.78, 5) is 24.1. The fourth-order valence-corrected chi connectivity index (χ4v) is 3.05. The van der Waals surface area contributed by atoms with E-state index in [1.165, 1.54) is 12.1 Å². The summed E-state index contributed by atoms with van der Waals surface area (Å²) < 4.78 is 19.4. The molecule has 1 N–H and O–H groups in total. The summed E-state index contributed by atoms with van der Waals surface area (Å²) in [6.07, 6.45) is 0.270. The molecule has 1 unspecified atom stereocenters. The summed E-state index contributed by atoms with van der Waals surface area (Å²) in [6, 6.07) is 10.6. The zero-order valence-electron chi connectivity index (χ0n) is 14.3. The Morgan fingerprint density at radius 2 is 1.96 bits per heavy atom. The zero-order valence-corrected chi connectivity index (χ0v) is 14.3. The highest BCUT2D eigenvalue weighted by molar-refractivity contribution is 6.03. The number of ketones is 1. The molecule has 2 aromatic rings. The Labute approximate surface area is 146 Å². The first-order valence-corrected chi connectivity index (χ1v) is 8.26. The third-order valence-electron chi connectivity index (χ3n) is 4.39. The minimum atomic E-state index is -0.399. The van der Waals surface area contributed by atoms with Crippen LogP contribution in [0.25, 0.3) is 0 Å². The van der Waals surface area contributed by atoms with Gasteiger partial charge < -0.3 is 10.1 Å². The van der Waals surface area contributed by atoms with Gasteiger partial charge in [-0.05, 0) is 30.5 Å². The molecule has 0 heterocycles. The number of rotatable bonds is 5. The molecule has 25 heavy (non-hydrogen) atoms. The number of hydrogen-bond donors (Lipinski definition) is 1. The standard InChI is InChI=1S/C20H20FNO3/c1-12-3-5-14(6-4-12)10-22-18(24)11-25-17-8-7-15(21)19-13(2)9-16(23)20(17)19/h3-8,13H,9-11H2,1-2H3,(H,22,24). The van der Waals surface area contributed by atoms with Crippen molar-refractivity contribution in [3.63, 3.8) is 0 Å². The van der Waals surface area contributed by atoms with Crippen molar-refractivity contribution in [2.75, 3.05) is 6.61 Å². The first-order chi connectivity index (χ1) is 12.0. The normalized spacial score (nSPS) is 15.8. The number of fused-ring (bicyclic) bond motifs is 1. The van der Waals surface area contributed by atoms with E-state index in [0.717, 1.165) is 11.1 Å². The topological polar surface area (TPSA) is 55.4 Å². The monoisotopic (exact) mass is 341 g/mol. The SMILES string of the molecule is Cc1ccc(CNC(=O)COc2ccc(F)c3c2C(=O)CC3C)cc1. The molecule has 2 aromatic carbocycles. The Morgan fingerprint density at radius 3 is 2.68 bits per heavy atom. The summed E-state index contributed by atoms with van der Waals surface area (Å²) in [6.45, 7) is 4.00. The van der Waals surface area contributed by atoms with Gasteiger partial charge in [0.1, 0.15) is 11.6 Å². The largest absolute Gasteiger partial charge is 0.483 e. The van der Waals surface area contributed by atoms with E-state index >= 15 is 0 Å². The smallest absolute Gasteiger partial charge is 0.258 e. The number of Topliss-reactive ketones (excluding diaryl/α,β-unsaturated/α-hetero) is 1. The number of amides is 1. The van der Waals surface area contributed by atoms with Crippen molar-refractivity contribution in [2.24, 2.45) is 0 Å². The van der Waals surface area contributed by atoms with Gasteiger partial charge in [-0.15, -0.1) is 0 Å². The number of halogens is 1. The lowest BCUT2D eigenvalue weighted by Crippen LogP contribution is -2.28. The molecule has 0 saturated carbocycles. The molecule has 3 rings (SSSR count). The van der Waals surface area contributed by atoms with Gasteiger partial charge in [0.2, 0.25) is 0 Å². The van der Waals surface area contributed by atoms with Crippen LogP contribution < -0.4 is 10.1 Å². The molecule has 1 aliphatic rings. The summed E-state index contributed by atoms with van der Waals surface area (Å²) in [5.41, 5.74) is 2.81. The lowest BCUT2D eigenvalue weighted by molar-refractivity contribution is -0.123. The number of ether oxygens (including phenoxy) is 1. The molecule has 0 fully saturated rings. The third-order valence-corrected chi connectivity index (χ3v) is 4.39. The number of carbonyl (C=O) groups is 2. The van der Waals surface area contributed by atoms with Crippen LogP contribution in [0.2, 0.25) is 0 Å². The molecule has 0 radical (unpaired) electrons. The van der Waals surface area contributed by atoms with Crippen LogP contribution in [0.3, 0.4) is 0 Å². The maximum absolute atomic E-state index is 13.9. The van der Waals surface area contributed by atoms with E-state index in [2.05, 4.69) is 5.32 Å². The molecule has 130 valence electrons. The van der Waals surface area contributed by atoms with Gasteiger partial charge in [-0.2, -0.15) is 0 Å². The fraction of sp³-hybridized carbons (Fsp3) is 0.300. The average Bonchev–Trinajstić information content (AvgIpc) is 2.89. The van der Waals surface area contributed by atoms with Crippen molar-refractivity contribution in [2.45, 2.75) is 32.7 Å².